The summed E-state index contributed by atoms with van der Waals surface area (Å²) in [6.45, 7) is 5.63. The van der Waals surface area contributed by atoms with Crippen LogP contribution < -0.4 is 10.2 Å². The number of benzene rings is 3. The van der Waals surface area contributed by atoms with Gasteiger partial charge < -0.3 is 14.8 Å². The molecule has 1 saturated heterocycles. The zero-order chi connectivity index (χ0) is 24.2. The summed E-state index contributed by atoms with van der Waals surface area (Å²) < 4.78 is 10.7. The number of para-hydroxylation sites is 1. The predicted molar refractivity (Wildman–Crippen MR) is 135 cm³/mol. The number of carbonyl (C=O) groups is 2. The largest absolute Gasteiger partial charge is 0.462 e. The van der Waals surface area contributed by atoms with E-state index in [1.165, 1.54) is 5.56 Å². The Kier molecular flexibility index (Phi) is 6.79. The molecule has 1 unspecified atom stereocenters. The smallest absolute Gasteiger partial charge is 0.338 e. The number of carbonyl (C=O) groups excluding carboxylic acids is 2. The average molecular weight is 472 g/mol. The van der Waals surface area contributed by atoms with Crippen LogP contribution in [0.5, 0.6) is 0 Å². The second-order valence-electron chi connectivity index (χ2n) is 8.62. The van der Waals surface area contributed by atoms with E-state index in [4.69, 9.17) is 9.47 Å². The van der Waals surface area contributed by atoms with E-state index in [2.05, 4.69) is 34.5 Å². The molecule has 0 radical (unpaired) electrons. The van der Waals surface area contributed by atoms with Crippen molar-refractivity contribution in [2.24, 2.45) is 0 Å². The highest BCUT2D eigenvalue weighted by Crippen LogP contribution is 2.41. The quantitative estimate of drug-likeness (QED) is 0.552. The lowest BCUT2D eigenvalue weighted by molar-refractivity contribution is 0.0240. The molecule has 1 N–H and O–H groups in total. The second-order valence-corrected chi connectivity index (χ2v) is 8.62. The fraction of sp³-hybridized carbons (Fsp3) is 0.286. The van der Waals surface area contributed by atoms with Gasteiger partial charge in [-0.25, -0.2) is 9.59 Å². The van der Waals surface area contributed by atoms with Crippen molar-refractivity contribution in [2.75, 3.05) is 43.1 Å². The Bertz CT molecular complexity index is 1200. The zero-order valence-corrected chi connectivity index (χ0v) is 19.8. The number of hydrogen-bond acceptors (Lipinski definition) is 5. The first-order chi connectivity index (χ1) is 17.2. The van der Waals surface area contributed by atoms with Gasteiger partial charge in [-0.3, -0.25) is 9.80 Å². The van der Waals surface area contributed by atoms with Gasteiger partial charge in [0.05, 0.1) is 43.7 Å². The monoisotopic (exact) mass is 471 g/mol. The van der Waals surface area contributed by atoms with E-state index in [0.717, 1.165) is 29.9 Å². The highest BCUT2D eigenvalue weighted by atomic mass is 16.5. The molecule has 7 nitrogen and oxygen atoms in total. The van der Waals surface area contributed by atoms with Crippen LogP contribution in [-0.4, -0.2) is 49.8 Å². The van der Waals surface area contributed by atoms with Crippen LogP contribution in [0.15, 0.2) is 72.8 Å². The van der Waals surface area contributed by atoms with Gasteiger partial charge in [0.15, 0.2) is 0 Å². The fourth-order valence-corrected chi connectivity index (χ4v) is 4.84. The average Bonchev–Trinajstić information content (AvgIpc) is 3.04. The topological polar surface area (TPSA) is 71.1 Å². The Morgan fingerprint density at radius 2 is 1.63 bits per heavy atom. The molecule has 1 atom stereocenters. The molecule has 0 aromatic heterocycles. The molecule has 3 aromatic carbocycles. The van der Waals surface area contributed by atoms with Crippen molar-refractivity contribution >= 4 is 23.4 Å². The maximum absolute atomic E-state index is 13.6. The first-order valence-corrected chi connectivity index (χ1v) is 12.0. The normalized spacial score (nSPS) is 17.6. The Morgan fingerprint density at radius 3 is 2.37 bits per heavy atom. The maximum Gasteiger partial charge on any atom is 0.338 e. The van der Waals surface area contributed by atoms with E-state index in [1.54, 1.807) is 36.1 Å². The lowest BCUT2D eigenvalue weighted by Gasteiger charge is -2.36. The van der Waals surface area contributed by atoms with E-state index >= 15 is 0 Å². The highest BCUT2D eigenvalue weighted by Gasteiger charge is 2.33. The van der Waals surface area contributed by atoms with Crippen LogP contribution in [0, 0.1) is 0 Å². The van der Waals surface area contributed by atoms with Gasteiger partial charge in [0.2, 0.25) is 0 Å². The van der Waals surface area contributed by atoms with E-state index in [0.29, 0.717) is 37.6 Å². The number of fused-ring (bicyclic) bond motifs is 2. The van der Waals surface area contributed by atoms with E-state index in [9.17, 15) is 9.59 Å². The van der Waals surface area contributed by atoms with Gasteiger partial charge in [-0.05, 0) is 53.9 Å². The Morgan fingerprint density at radius 1 is 0.943 bits per heavy atom. The number of nitrogens with one attached hydrogen (secondary N) is 1. The number of esters is 1. The van der Waals surface area contributed by atoms with Crippen molar-refractivity contribution in [1.29, 1.82) is 0 Å². The molecule has 180 valence electrons. The molecular weight excluding hydrogens is 442 g/mol. The predicted octanol–water partition coefficient (Wildman–Crippen LogP) is 4.84. The van der Waals surface area contributed by atoms with Gasteiger partial charge in [0.25, 0.3) is 0 Å². The molecule has 2 amide bonds. The van der Waals surface area contributed by atoms with Crippen LogP contribution in [0.3, 0.4) is 0 Å². The van der Waals surface area contributed by atoms with Gasteiger partial charge in [0, 0.05) is 18.8 Å². The molecule has 0 bridgehead atoms. The molecule has 2 aliphatic rings. The summed E-state index contributed by atoms with van der Waals surface area (Å²) in [6, 6.07) is 23.1. The van der Waals surface area contributed by atoms with Crippen LogP contribution in [0.1, 0.15) is 40.0 Å². The van der Waals surface area contributed by atoms with Crippen LogP contribution in [-0.2, 0) is 16.0 Å². The molecule has 2 aliphatic heterocycles. The van der Waals surface area contributed by atoms with E-state index in [1.807, 2.05) is 24.3 Å². The molecular formula is C28H29N3O4. The van der Waals surface area contributed by atoms with Crippen molar-refractivity contribution in [1.82, 2.24) is 4.90 Å². The molecule has 2 heterocycles. The lowest BCUT2D eigenvalue weighted by Crippen LogP contribution is -2.39. The van der Waals surface area contributed by atoms with Crippen molar-refractivity contribution < 1.29 is 19.1 Å². The first kappa shape index (κ1) is 23.1. The number of nitrogens with zero attached hydrogens (tertiary/aromatic N) is 2. The third kappa shape index (κ3) is 4.78. The van der Waals surface area contributed by atoms with Crippen molar-refractivity contribution in [3.63, 3.8) is 0 Å². The third-order valence-corrected chi connectivity index (χ3v) is 6.50. The number of urea groups is 1. The zero-order valence-electron chi connectivity index (χ0n) is 19.8. The van der Waals surface area contributed by atoms with Gasteiger partial charge in [0.1, 0.15) is 0 Å². The summed E-state index contributed by atoms with van der Waals surface area (Å²) in [7, 11) is 0. The van der Waals surface area contributed by atoms with Crippen LogP contribution in [0.25, 0.3) is 0 Å². The first-order valence-electron chi connectivity index (χ1n) is 12.0. The maximum atomic E-state index is 13.6. The van der Waals surface area contributed by atoms with Gasteiger partial charge >= 0.3 is 12.0 Å². The summed E-state index contributed by atoms with van der Waals surface area (Å²) >= 11 is 0. The Balaban J connectivity index is 1.47. The molecule has 7 heteroatoms. The van der Waals surface area contributed by atoms with E-state index < -0.39 is 0 Å². The minimum Gasteiger partial charge on any atom is -0.462 e. The summed E-state index contributed by atoms with van der Waals surface area (Å²) in [5.74, 6) is -0.377. The minimum absolute atomic E-state index is 0.0490. The van der Waals surface area contributed by atoms with Crippen LogP contribution in [0.4, 0.5) is 16.2 Å². The van der Waals surface area contributed by atoms with E-state index in [-0.39, 0.29) is 18.0 Å². The number of rotatable bonds is 4. The number of amides is 2. The highest BCUT2D eigenvalue weighted by molar-refractivity contribution is 6.02. The number of hydrogen-bond donors (Lipinski definition) is 1. The molecule has 0 spiro atoms. The van der Waals surface area contributed by atoms with Crippen molar-refractivity contribution in [2.45, 2.75) is 19.5 Å². The fourth-order valence-electron chi connectivity index (χ4n) is 4.84. The van der Waals surface area contributed by atoms with Crippen LogP contribution in [0.2, 0.25) is 0 Å². The minimum atomic E-state index is -0.377. The standard InChI is InChI=1S/C28H29N3O4/c1-2-35-27(32)20-11-13-22(14-12-20)29-28(33)31-19-21-7-3-4-8-23(21)26(30-15-17-34-18-16-30)24-9-5-6-10-25(24)31/h3-14,26H,2,15-19H2,1H3,(H,29,33). The summed E-state index contributed by atoms with van der Waals surface area (Å²) in [5, 5.41) is 3.00. The summed E-state index contributed by atoms with van der Waals surface area (Å²) in [5.41, 5.74) is 5.40. The van der Waals surface area contributed by atoms with Gasteiger partial charge in [-0.2, -0.15) is 0 Å². The number of morpholine rings is 1. The lowest BCUT2D eigenvalue weighted by atomic mass is 9.93. The number of anilines is 2. The molecule has 3 aromatic rings. The van der Waals surface area contributed by atoms with Crippen molar-refractivity contribution in [3.05, 3.63) is 95.1 Å². The molecule has 0 saturated carbocycles. The second kappa shape index (κ2) is 10.3. The van der Waals surface area contributed by atoms with Gasteiger partial charge in [-0.1, -0.05) is 42.5 Å². The molecule has 0 aliphatic carbocycles. The third-order valence-electron chi connectivity index (χ3n) is 6.50. The Labute approximate surface area is 205 Å². The Hall–Kier alpha value is -3.68. The summed E-state index contributed by atoms with van der Waals surface area (Å²) in [4.78, 5) is 29.8. The molecule has 5 rings (SSSR count). The SMILES string of the molecule is CCOC(=O)c1ccc(NC(=O)N2Cc3ccccc3C(N3CCOCC3)c3ccccc32)cc1. The van der Waals surface area contributed by atoms with Crippen LogP contribution >= 0.6 is 0 Å². The number of ether oxygens (including phenoxy) is 2. The molecule has 1 fully saturated rings. The summed E-state index contributed by atoms with van der Waals surface area (Å²) in [6.07, 6.45) is 0. The molecule has 35 heavy (non-hydrogen) atoms. The van der Waals surface area contributed by atoms with Crippen molar-refractivity contribution in [3.8, 4) is 0 Å². The van der Waals surface area contributed by atoms with Gasteiger partial charge in [-0.15, -0.1) is 0 Å².